The zero-order valence-electron chi connectivity index (χ0n) is 16.3. The van der Waals surface area contributed by atoms with Crippen LogP contribution in [-0.4, -0.2) is 23.6 Å². The van der Waals surface area contributed by atoms with Crippen molar-refractivity contribution in [2.24, 2.45) is 0 Å². The molecule has 0 bridgehead atoms. The van der Waals surface area contributed by atoms with Gasteiger partial charge in [0.25, 0.3) is 5.91 Å². The number of esters is 1. The highest BCUT2D eigenvalue weighted by Gasteiger charge is 2.27. The molecule has 3 rings (SSSR count). The maximum absolute atomic E-state index is 14.3. The fraction of sp³-hybridized carbons (Fsp3) is 0.190. The molecular weight excluding hydrogens is 434 g/mol. The van der Waals surface area contributed by atoms with E-state index in [0.29, 0.717) is 10.7 Å². The summed E-state index contributed by atoms with van der Waals surface area (Å²) in [6, 6.07) is 7.63. The Kier molecular flexibility index (Phi) is 6.43. The number of ether oxygens (including phenoxy) is 1. The lowest BCUT2D eigenvalue weighted by Gasteiger charge is -2.12. The smallest absolute Gasteiger partial charge is 0.344 e. The number of hydrogen-bond donors (Lipinski definition) is 1. The summed E-state index contributed by atoms with van der Waals surface area (Å²) in [6.45, 7) is 4.56. The van der Waals surface area contributed by atoms with Crippen molar-refractivity contribution in [3.8, 4) is 11.3 Å². The molecule has 2 aromatic carbocycles. The molecule has 0 aliphatic heterocycles. The number of aromatic nitrogens is 1. The van der Waals surface area contributed by atoms with E-state index < -0.39 is 24.3 Å². The Morgan fingerprint density at radius 3 is 2.57 bits per heavy atom. The van der Waals surface area contributed by atoms with Gasteiger partial charge in [0.05, 0.1) is 21.3 Å². The fourth-order valence-electron chi connectivity index (χ4n) is 2.96. The number of carbonyl (C=O) groups is 2. The molecular formula is C21H17Cl2FN2O4. The second-order valence-electron chi connectivity index (χ2n) is 6.62. The highest BCUT2D eigenvalue weighted by Crippen LogP contribution is 2.33. The predicted molar refractivity (Wildman–Crippen MR) is 111 cm³/mol. The summed E-state index contributed by atoms with van der Waals surface area (Å²) in [5.74, 6) is -2.05. The Labute approximate surface area is 181 Å². The molecule has 6 nitrogen and oxygen atoms in total. The van der Waals surface area contributed by atoms with Gasteiger partial charge in [0.2, 0.25) is 0 Å². The third-order valence-electron chi connectivity index (χ3n) is 4.30. The van der Waals surface area contributed by atoms with Crippen LogP contribution in [0.3, 0.4) is 0 Å². The van der Waals surface area contributed by atoms with E-state index in [4.69, 9.17) is 32.5 Å². The van der Waals surface area contributed by atoms with Gasteiger partial charge >= 0.3 is 5.97 Å². The van der Waals surface area contributed by atoms with Crippen LogP contribution in [0.2, 0.25) is 10.0 Å². The van der Waals surface area contributed by atoms with E-state index in [1.165, 1.54) is 25.1 Å². The summed E-state index contributed by atoms with van der Waals surface area (Å²) in [5.41, 5.74) is 1.85. The van der Waals surface area contributed by atoms with Gasteiger partial charge in [0.15, 0.2) is 6.61 Å². The van der Waals surface area contributed by atoms with Gasteiger partial charge in [0.1, 0.15) is 22.8 Å². The average Bonchev–Trinajstić information content (AvgIpc) is 3.04. The van der Waals surface area contributed by atoms with Crippen molar-refractivity contribution in [3.63, 3.8) is 0 Å². The normalized spacial score (nSPS) is 10.7. The molecule has 0 saturated heterocycles. The van der Waals surface area contributed by atoms with Gasteiger partial charge in [-0.3, -0.25) is 4.79 Å². The van der Waals surface area contributed by atoms with Crippen molar-refractivity contribution in [2.75, 3.05) is 11.9 Å². The minimum atomic E-state index is -0.898. The van der Waals surface area contributed by atoms with Gasteiger partial charge in [-0.15, -0.1) is 0 Å². The van der Waals surface area contributed by atoms with Crippen LogP contribution in [0.4, 0.5) is 10.1 Å². The Balaban J connectivity index is 1.77. The second-order valence-corrected chi connectivity index (χ2v) is 7.44. The van der Waals surface area contributed by atoms with E-state index >= 15 is 0 Å². The Morgan fingerprint density at radius 2 is 1.90 bits per heavy atom. The van der Waals surface area contributed by atoms with E-state index in [1.54, 1.807) is 13.0 Å². The summed E-state index contributed by atoms with van der Waals surface area (Å²) in [4.78, 5) is 24.8. The van der Waals surface area contributed by atoms with Crippen LogP contribution >= 0.6 is 23.2 Å². The lowest BCUT2D eigenvalue weighted by atomic mass is 10.1. The molecule has 0 aliphatic rings. The molecule has 0 unspecified atom stereocenters. The first kappa shape index (κ1) is 21.8. The maximum Gasteiger partial charge on any atom is 0.344 e. The number of rotatable bonds is 5. The minimum absolute atomic E-state index is 0.0552. The van der Waals surface area contributed by atoms with Gasteiger partial charge in [-0.05, 0) is 50.1 Å². The molecule has 3 aromatic rings. The van der Waals surface area contributed by atoms with E-state index in [1.807, 2.05) is 13.0 Å². The largest absolute Gasteiger partial charge is 0.452 e. The van der Waals surface area contributed by atoms with Crippen molar-refractivity contribution < 1.29 is 23.2 Å². The first-order chi connectivity index (χ1) is 14.2. The Hall–Kier alpha value is -2.90. The molecule has 30 heavy (non-hydrogen) atoms. The van der Waals surface area contributed by atoms with Gasteiger partial charge < -0.3 is 14.6 Å². The number of aryl methyl sites for hydroxylation is 3. The third kappa shape index (κ3) is 4.47. The number of nitrogens with one attached hydrogen (secondary N) is 1. The molecule has 0 fully saturated rings. The Bertz CT molecular complexity index is 1100. The van der Waals surface area contributed by atoms with Crippen LogP contribution in [0.5, 0.6) is 0 Å². The van der Waals surface area contributed by atoms with E-state index in [-0.39, 0.29) is 27.6 Å². The number of carbonyl (C=O) groups excluding carboxylic acids is 2. The lowest BCUT2D eigenvalue weighted by Crippen LogP contribution is -2.22. The summed E-state index contributed by atoms with van der Waals surface area (Å²) in [5, 5.41) is 6.78. The van der Waals surface area contributed by atoms with Crippen LogP contribution < -0.4 is 5.32 Å². The van der Waals surface area contributed by atoms with Crippen molar-refractivity contribution in [1.29, 1.82) is 0 Å². The third-order valence-corrected chi connectivity index (χ3v) is 4.91. The maximum atomic E-state index is 14.3. The zero-order valence-corrected chi connectivity index (χ0v) is 17.8. The minimum Gasteiger partial charge on any atom is -0.452 e. The molecule has 1 N–H and O–H groups in total. The summed E-state index contributed by atoms with van der Waals surface area (Å²) >= 11 is 12.2. The molecule has 1 amide bonds. The summed E-state index contributed by atoms with van der Waals surface area (Å²) in [6.07, 6.45) is 0. The number of halogens is 3. The molecule has 0 aliphatic carbocycles. The number of anilines is 1. The van der Waals surface area contributed by atoms with Gasteiger partial charge in [-0.25, -0.2) is 9.18 Å². The molecule has 156 valence electrons. The van der Waals surface area contributed by atoms with Crippen molar-refractivity contribution in [1.82, 2.24) is 5.16 Å². The number of hydrogen-bond acceptors (Lipinski definition) is 5. The molecule has 1 aromatic heterocycles. The van der Waals surface area contributed by atoms with Crippen LogP contribution in [0.15, 0.2) is 34.9 Å². The highest BCUT2D eigenvalue weighted by atomic mass is 35.5. The predicted octanol–water partition coefficient (Wildman–Crippen LogP) is 5.51. The molecule has 0 atom stereocenters. The van der Waals surface area contributed by atoms with Crippen molar-refractivity contribution in [3.05, 3.63) is 68.6 Å². The standard InChI is InChI=1S/C21H17Cl2FN2O4/c1-10-7-11(2)19(14(23)8-10)25-16(27)9-29-21(28)17-12(3)30-26-20(17)18-13(22)5-4-6-15(18)24/h4-8H,9H2,1-3H3,(H,25,27). The van der Waals surface area contributed by atoms with Gasteiger partial charge in [-0.2, -0.15) is 0 Å². The van der Waals surface area contributed by atoms with E-state index in [9.17, 15) is 14.0 Å². The highest BCUT2D eigenvalue weighted by molar-refractivity contribution is 6.34. The number of nitrogens with zero attached hydrogens (tertiary/aromatic N) is 1. The van der Waals surface area contributed by atoms with Crippen molar-refractivity contribution >= 4 is 40.8 Å². The topological polar surface area (TPSA) is 81.4 Å². The molecule has 0 spiro atoms. The average molecular weight is 451 g/mol. The monoisotopic (exact) mass is 450 g/mol. The van der Waals surface area contributed by atoms with Gasteiger partial charge in [0, 0.05) is 0 Å². The van der Waals surface area contributed by atoms with Crippen LogP contribution in [0, 0.1) is 26.6 Å². The van der Waals surface area contributed by atoms with Gasteiger partial charge in [-0.1, -0.05) is 40.5 Å². The van der Waals surface area contributed by atoms with Crippen LogP contribution in [-0.2, 0) is 9.53 Å². The molecule has 0 saturated carbocycles. The van der Waals surface area contributed by atoms with Crippen LogP contribution in [0.1, 0.15) is 27.2 Å². The summed E-state index contributed by atoms with van der Waals surface area (Å²) in [7, 11) is 0. The molecule has 0 radical (unpaired) electrons. The van der Waals surface area contributed by atoms with E-state index in [2.05, 4.69) is 10.5 Å². The first-order valence-corrected chi connectivity index (χ1v) is 9.59. The zero-order chi connectivity index (χ0) is 22.0. The quantitative estimate of drug-likeness (QED) is 0.518. The van der Waals surface area contributed by atoms with Crippen LogP contribution in [0.25, 0.3) is 11.3 Å². The molecule has 1 heterocycles. The number of benzene rings is 2. The Morgan fingerprint density at radius 1 is 1.17 bits per heavy atom. The summed E-state index contributed by atoms with van der Waals surface area (Å²) < 4.78 is 24.4. The second kappa shape index (κ2) is 8.85. The first-order valence-electron chi connectivity index (χ1n) is 8.83. The van der Waals surface area contributed by atoms with E-state index in [0.717, 1.165) is 11.1 Å². The SMILES string of the molecule is Cc1cc(C)c(NC(=O)COC(=O)c2c(-c3c(F)cccc3Cl)noc2C)c(Cl)c1. The van der Waals surface area contributed by atoms with Crippen molar-refractivity contribution in [2.45, 2.75) is 20.8 Å². The fourth-order valence-corrected chi connectivity index (χ4v) is 3.58. The molecule has 9 heteroatoms. The lowest BCUT2D eigenvalue weighted by molar-refractivity contribution is -0.119. The number of amides is 1.